The lowest BCUT2D eigenvalue weighted by atomic mass is 9.92. The predicted octanol–water partition coefficient (Wildman–Crippen LogP) is 3.21. The Labute approximate surface area is 108 Å². The number of ether oxygens (including phenoxy) is 1. The summed E-state index contributed by atoms with van der Waals surface area (Å²) >= 11 is 0. The van der Waals surface area contributed by atoms with Crippen LogP contribution in [0.5, 0.6) is 0 Å². The Bertz CT molecular complexity index is 483. The smallest absolute Gasteiger partial charge is 0.410 e. The molecule has 2 unspecified atom stereocenters. The van der Waals surface area contributed by atoms with Crippen LogP contribution in [0, 0.1) is 6.92 Å². The summed E-state index contributed by atoms with van der Waals surface area (Å²) in [5, 5.41) is 0. The molecule has 96 valence electrons. The van der Waals surface area contributed by atoms with Gasteiger partial charge in [0.25, 0.3) is 0 Å². The van der Waals surface area contributed by atoms with Crippen LogP contribution in [0.2, 0.25) is 0 Å². The molecule has 2 bridgehead atoms. The highest BCUT2D eigenvalue weighted by atomic mass is 16.6. The van der Waals surface area contributed by atoms with E-state index < -0.39 is 0 Å². The summed E-state index contributed by atoms with van der Waals surface area (Å²) in [5.41, 5.74) is 4.01. The van der Waals surface area contributed by atoms with E-state index in [1.807, 2.05) is 11.8 Å². The second kappa shape index (κ2) is 4.30. The molecule has 0 aromatic heterocycles. The van der Waals surface area contributed by atoms with Crippen LogP contribution in [-0.2, 0) is 11.2 Å². The van der Waals surface area contributed by atoms with Crippen LogP contribution in [0.3, 0.4) is 0 Å². The number of carbonyl (C=O) groups is 1. The lowest BCUT2D eigenvalue weighted by Crippen LogP contribution is -2.42. The Morgan fingerprint density at radius 2 is 2.28 bits per heavy atom. The quantitative estimate of drug-likeness (QED) is 0.760. The van der Waals surface area contributed by atoms with E-state index in [1.165, 1.54) is 16.7 Å². The van der Waals surface area contributed by atoms with Crippen molar-refractivity contribution < 1.29 is 9.53 Å². The molecule has 0 N–H and O–H groups in total. The Hall–Kier alpha value is -1.51. The van der Waals surface area contributed by atoms with E-state index in [0.717, 1.165) is 19.3 Å². The third-order valence-corrected chi connectivity index (χ3v) is 4.10. The molecule has 0 spiro atoms. The zero-order valence-electron chi connectivity index (χ0n) is 11.0. The maximum absolute atomic E-state index is 12.1. The minimum atomic E-state index is -0.142. The van der Waals surface area contributed by atoms with Crippen molar-refractivity contribution in [2.45, 2.75) is 45.2 Å². The SMILES string of the molecule is CCOC(=O)N1C2CCC1c1cc(C)ccc1C2. The van der Waals surface area contributed by atoms with Crippen molar-refractivity contribution in [3.63, 3.8) is 0 Å². The normalized spacial score (nSPS) is 24.9. The molecule has 1 saturated heterocycles. The summed E-state index contributed by atoms with van der Waals surface area (Å²) < 4.78 is 5.19. The highest BCUT2D eigenvalue weighted by Gasteiger charge is 2.43. The van der Waals surface area contributed by atoms with Crippen LogP contribution in [0.1, 0.15) is 42.5 Å². The first-order valence-electron chi connectivity index (χ1n) is 6.75. The molecule has 0 aliphatic carbocycles. The van der Waals surface area contributed by atoms with Crippen molar-refractivity contribution in [1.82, 2.24) is 4.90 Å². The fourth-order valence-electron chi connectivity index (χ4n) is 3.33. The molecule has 3 nitrogen and oxygen atoms in total. The Balaban J connectivity index is 1.96. The second-order valence-corrected chi connectivity index (χ2v) is 5.26. The van der Waals surface area contributed by atoms with Gasteiger partial charge in [-0.3, -0.25) is 4.90 Å². The average Bonchev–Trinajstić information content (AvgIpc) is 2.67. The van der Waals surface area contributed by atoms with Gasteiger partial charge in [0.15, 0.2) is 0 Å². The minimum Gasteiger partial charge on any atom is -0.450 e. The van der Waals surface area contributed by atoms with Crippen LogP contribution < -0.4 is 0 Å². The Morgan fingerprint density at radius 3 is 3.06 bits per heavy atom. The number of nitrogens with zero attached hydrogens (tertiary/aromatic N) is 1. The molecule has 2 aliphatic rings. The number of rotatable bonds is 1. The molecule has 1 aromatic rings. The van der Waals surface area contributed by atoms with Gasteiger partial charge in [-0.25, -0.2) is 4.79 Å². The average molecular weight is 245 g/mol. The third-order valence-electron chi connectivity index (χ3n) is 4.10. The molecular weight excluding hydrogens is 226 g/mol. The van der Waals surface area contributed by atoms with Crippen molar-refractivity contribution in [3.05, 3.63) is 34.9 Å². The van der Waals surface area contributed by atoms with Gasteiger partial charge in [0.05, 0.1) is 12.6 Å². The molecule has 18 heavy (non-hydrogen) atoms. The lowest BCUT2D eigenvalue weighted by Gasteiger charge is -2.35. The van der Waals surface area contributed by atoms with Crippen LogP contribution in [-0.4, -0.2) is 23.6 Å². The molecule has 1 fully saturated rings. The summed E-state index contributed by atoms with van der Waals surface area (Å²) in [7, 11) is 0. The maximum atomic E-state index is 12.1. The molecule has 3 heteroatoms. The fraction of sp³-hybridized carbons (Fsp3) is 0.533. The molecule has 1 aromatic carbocycles. The molecule has 0 saturated carbocycles. The van der Waals surface area contributed by atoms with Gasteiger partial charge >= 0.3 is 6.09 Å². The number of fused-ring (bicyclic) bond motifs is 4. The number of carbonyl (C=O) groups excluding carboxylic acids is 1. The standard InChI is InChI=1S/C15H19NO2/c1-3-18-15(17)16-12-6-7-14(16)13-8-10(2)4-5-11(13)9-12/h4-5,8,12,14H,3,6-7,9H2,1-2H3. The summed E-state index contributed by atoms with van der Waals surface area (Å²) in [6.45, 7) is 4.42. The maximum Gasteiger partial charge on any atom is 0.410 e. The van der Waals surface area contributed by atoms with Gasteiger partial charge in [-0.05, 0) is 44.2 Å². The van der Waals surface area contributed by atoms with Crippen LogP contribution in [0.4, 0.5) is 4.79 Å². The van der Waals surface area contributed by atoms with Gasteiger partial charge in [0.1, 0.15) is 0 Å². The van der Waals surface area contributed by atoms with Gasteiger partial charge in [0.2, 0.25) is 0 Å². The van der Waals surface area contributed by atoms with Crippen molar-refractivity contribution >= 4 is 6.09 Å². The van der Waals surface area contributed by atoms with E-state index in [2.05, 4.69) is 25.1 Å². The number of hydrogen-bond acceptors (Lipinski definition) is 2. The monoisotopic (exact) mass is 245 g/mol. The zero-order chi connectivity index (χ0) is 12.7. The largest absolute Gasteiger partial charge is 0.450 e. The Kier molecular flexibility index (Phi) is 2.77. The van der Waals surface area contributed by atoms with Crippen molar-refractivity contribution in [1.29, 1.82) is 0 Å². The molecular formula is C15H19NO2. The second-order valence-electron chi connectivity index (χ2n) is 5.26. The van der Waals surface area contributed by atoms with Crippen LogP contribution >= 0.6 is 0 Å². The first-order valence-corrected chi connectivity index (χ1v) is 6.75. The van der Waals surface area contributed by atoms with E-state index in [1.54, 1.807) is 0 Å². The van der Waals surface area contributed by atoms with Crippen molar-refractivity contribution in [2.24, 2.45) is 0 Å². The van der Waals surface area contributed by atoms with Crippen LogP contribution in [0.25, 0.3) is 0 Å². The minimum absolute atomic E-state index is 0.142. The van der Waals surface area contributed by atoms with E-state index >= 15 is 0 Å². The predicted molar refractivity (Wildman–Crippen MR) is 69.5 cm³/mol. The number of hydrogen-bond donors (Lipinski definition) is 0. The van der Waals surface area contributed by atoms with Gasteiger partial charge in [-0.15, -0.1) is 0 Å². The molecule has 2 atom stereocenters. The van der Waals surface area contributed by atoms with Crippen molar-refractivity contribution in [2.75, 3.05) is 6.61 Å². The van der Waals surface area contributed by atoms with Gasteiger partial charge in [-0.1, -0.05) is 23.8 Å². The molecule has 1 amide bonds. The third kappa shape index (κ3) is 1.69. The highest BCUT2D eigenvalue weighted by molar-refractivity contribution is 5.70. The molecule has 0 radical (unpaired) electrons. The topological polar surface area (TPSA) is 29.5 Å². The molecule has 2 aliphatic heterocycles. The summed E-state index contributed by atoms with van der Waals surface area (Å²) in [5.74, 6) is 0. The number of aryl methyl sites for hydroxylation is 1. The fourth-order valence-corrected chi connectivity index (χ4v) is 3.33. The summed E-state index contributed by atoms with van der Waals surface area (Å²) in [6, 6.07) is 7.19. The molecule has 3 rings (SSSR count). The summed E-state index contributed by atoms with van der Waals surface area (Å²) in [6.07, 6.45) is 3.00. The number of amides is 1. The van der Waals surface area contributed by atoms with Crippen molar-refractivity contribution in [3.8, 4) is 0 Å². The van der Waals surface area contributed by atoms with Gasteiger partial charge in [-0.2, -0.15) is 0 Å². The lowest BCUT2D eigenvalue weighted by molar-refractivity contribution is 0.0838. The zero-order valence-corrected chi connectivity index (χ0v) is 11.0. The first-order chi connectivity index (χ1) is 8.70. The molecule has 2 heterocycles. The van der Waals surface area contributed by atoms with Crippen LogP contribution in [0.15, 0.2) is 18.2 Å². The number of benzene rings is 1. The van der Waals surface area contributed by atoms with Gasteiger partial charge < -0.3 is 4.74 Å². The first kappa shape index (κ1) is 11.6. The summed E-state index contributed by atoms with van der Waals surface area (Å²) in [4.78, 5) is 14.0. The van der Waals surface area contributed by atoms with E-state index in [4.69, 9.17) is 4.74 Å². The van der Waals surface area contributed by atoms with E-state index in [9.17, 15) is 4.79 Å². The van der Waals surface area contributed by atoms with E-state index in [-0.39, 0.29) is 12.1 Å². The van der Waals surface area contributed by atoms with E-state index in [0.29, 0.717) is 12.6 Å². The Morgan fingerprint density at radius 1 is 1.44 bits per heavy atom. The van der Waals surface area contributed by atoms with Gasteiger partial charge in [0, 0.05) is 6.04 Å². The highest BCUT2D eigenvalue weighted by Crippen LogP contribution is 2.44.